The van der Waals surface area contributed by atoms with E-state index < -0.39 is 30.7 Å². The highest BCUT2D eigenvalue weighted by Crippen LogP contribution is 2.41. The summed E-state index contributed by atoms with van der Waals surface area (Å²) in [6.45, 7) is 0.348. The van der Waals surface area contributed by atoms with Gasteiger partial charge in [-0.05, 0) is 17.9 Å². The maximum absolute atomic E-state index is 13.4. The Kier molecular flexibility index (Phi) is 3.64. The molecule has 0 saturated carbocycles. The van der Waals surface area contributed by atoms with Gasteiger partial charge in [-0.3, -0.25) is 0 Å². The number of benzene rings is 1. The first-order valence-electron chi connectivity index (χ1n) is 4.56. The topological polar surface area (TPSA) is 18.5 Å². The summed E-state index contributed by atoms with van der Waals surface area (Å²) in [6, 6.07) is 1.32. The Balaban J connectivity index is 2.32. The average molecular weight is 268 g/mol. The molecular formula is C9H8F3O2PS. The predicted octanol–water partition coefficient (Wildman–Crippen LogP) is 3.09. The summed E-state index contributed by atoms with van der Waals surface area (Å²) in [6.07, 6.45) is -0.262. The molecule has 2 atom stereocenters. The fourth-order valence-corrected chi connectivity index (χ4v) is 2.89. The van der Waals surface area contributed by atoms with Crippen LogP contribution in [-0.2, 0) is 20.9 Å². The Morgan fingerprint density at radius 3 is 2.56 bits per heavy atom. The van der Waals surface area contributed by atoms with Gasteiger partial charge in [0.25, 0.3) is 0 Å². The van der Waals surface area contributed by atoms with E-state index >= 15 is 0 Å². The van der Waals surface area contributed by atoms with Crippen LogP contribution in [-0.4, -0.2) is 6.61 Å². The van der Waals surface area contributed by atoms with Gasteiger partial charge in [0.05, 0.1) is 12.7 Å². The largest absolute Gasteiger partial charge is 0.331 e. The lowest BCUT2D eigenvalue weighted by Crippen LogP contribution is -2.11. The zero-order chi connectivity index (χ0) is 11.7. The third kappa shape index (κ3) is 2.46. The van der Waals surface area contributed by atoms with E-state index in [0.717, 1.165) is 6.07 Å². The van der Waals surface area contributed by atoms with Crippen molar-refractivity contribution >= 4 is 19.0 Å². The molecule has 1 heterocycles. The molecule has 0 N–H and O–H groups in total. The molecule has 0 bridgehead atoms. The fraction of sp³-hybridized carbons (Fsp3) is 0.333. The minimum Gasteiger partial charge on any atom is -0.331 e. The van der Waals surface area contributed by atoms with Crippen molar-refractivity contribution in [2.75, 3.05) is 6.61 Å². The molecule has 2 rings (SSSR count). The highest BCUT2D eigenvalue weighted by atomic mass is 32.4. The molecule has 88 valence electrons. The van der Waals surface area contributed by atoms with Gasteiger partial charge in [-0.2, -0.15) is 0 Å². The zero-order valence-corrected chi connectivity index (χ0v) is 9.82. The maximum atomic E-state index is 13.4. The molecule has 1 saturated heterocycles. The molecule has 0 spiro atoms. The van der Waals surface area contributed by atoms with Gasteiger partial charge in [0, 0.05) is 18.1 Å². The predicted molar refractivity (Wildman–Crippen MR) is 56.4 cm³/mol. The van der Waals surface area contributed by atoms with Gasteiger partial charge >= 0.3 is 0 Å². The average Bonchev–Trinajstić information content (AvgIpc) is 2.23. The van der Waals surface area contributed by atoms with Crippen LogP contribution in [0.5, 0.6) is 0 Å². The smallest absolute Gasteiger partial charge is 0.176 e. The van der Waals surface area contributed by atoms with E-state index in [1.807, 2.05) is 0 Å². The van der Waals surface area contributed by atoms with Crippen LogP contribution in [0.1, 0.15) is 18.1 Å². The van der Waals surface area contributed by atoms with Gasteiger partial charge in [0.1, 0.15) is 5.82 Å². The van der Waals surface area contributed by atoms with E-state index in [-0.39, 0.29) is 5.56 Å². The van der Waals surface area contributed by atoms with Crippen LogP contribution in [0.15, 0.2) is 12.1 Å². The number of rotatable bonds is 1. The Bertz CT molecular complexity index is 441. The van der Waals surface area contributed by atoms with Gasteiger partial charge in [0.2, 0.25) is 0 Å². The monoisotopic (exact) mass is 268 g/mol. The van der Waals surface area contributed by atoms with E-state index in [1.54, 1.807) is 0 Å². The third-order valence-corrected chi connectivity index (χ3v) is 3.78. The van der Waals surface area contributed by atoms with Crippen LogP contribution in [0, 0.1) is 17.5 Å². The molecular weight excluding hydrogens is 260 g/mol. The minimum absolute atomic E-state index is 0.00505. The summed E-state index contributed by atoms with van der Waals surface area (Å²) in [5.41, 5.74) is -0.00505. The molecule has 2 unspecified atom stereocenters. The second-order valence-electron chi connectivity index (χ2n) is 3.28. The minimum atomic E-state index is -1.83. The van der Waals surface area contributed by atoms with Crippen molar-refractivity contribution in [3.05, 3.63) is 35.1 Å². The van der Waals surface area contributed by atoms with Crippen molar-refractivity contribution in [3.63, 3.8) is 0 Å². The van der Waals surface area contributed by atoms with Crippen LogP contribution in [0.3, 0.4) is 0 Å². The molecule has 16 heavy (non-hydrogen) atoms. The van der Waals surface area contributed by atoms with Gasteiger partial charge < -0.3 is 9.05 Å². The summed E-state index contributed by atoms with van der Waals surface area (Å²) in [7, 11) is -1.83. The first-order valence-corrected chi connectivity index (χ1v) is 7.00. The summed E-state index contributed by atoms with van der Waals surface area (Å²) in [5, 5.41) is 0. The van der Waals surface area contributed by atoms with Crippen LogP contribution in [0.2, 0.25) is 0 Å². The van der Waals surface area contributed by atoms with Crippen molar-refractivity contribution in [3.8, 4) is 0 Å². The van der Waals surface area contributed by atoms with E-state index in [1.165, 1.54) is 0 Å². The molecule has 1 aromatic carbocycles. The van der Waals surface area contributed by atoms with E-state index in [9.17, 15) is 13.2 Å². The summed E-state index contributed by atoms with van der Waals surface area (Å²) >= 11 is 4.84. The molecule has 1 aliphatic rings. The Morgan fingerprint density at radius 2 is 1.88 bits per heavy atom. The lowest BCUT2D eigenvalue weighted by Gasteiger charge is -2.24. The quantitative estimate of drug-likeness (QED) is 0.576. The lowest BCUT2D eigenvalue weighted by molar-refractivity contribution is 0.116. The SMILES string of the molecule is Fc1cc(F)c(C2CCO[PH](=S)O2)cc1F. The van der Waals surface area contributed by atoms with Crippen molar-refractivity contribution in [1.29, 1.82) is 0 Å². The van der Waals surface area contributed by atoms with E-state index in [2.05, 4.69) is 0 Å². The Morgan fingerprint density at radius 1 is 1.19 bits per heavy atom. The fourth-order valence-electron chi connectivity index (χ4n) is 1.46. The van der Waals surface area contributed by atoms with Gasteiger partial charge in [-0.15, -0.1) is 0 Å². The van der Waals surface area contributed by atoms with Gasteiger partial charge in [-0.25, -0.2) is 13.2 Å². The second kappa shape index (κ2) is 4.84. The molecule has 0 aromatic heterocycles. The number of halogens is 3. The summed E-state index contributed by atoms with van der Waals surface area (Å²) < 4.78 is 49.3. The van der Waals surface area contributed by atoms with Crippen molar-refractivity contribution in [1.82, 2.24) is 0 Å². The molecule has 1 aliphatic heterocycles. The van der Waals surface area contributed by atoms with E-state index in [4.69, 9.17) is 20.9 Å². The molecule has 0 radical (unpaired) electrons. The zero-order valence-electron chi connectivity index (χ0n) is 8.00. The van der Waals surface area contributed by atoms with Gasteiger partial charge in [0.15, 0.2) is 18.8 Å². The van der Waals surface area contributed by atoms with Gasteiger partial charge in [-0.1, -0.05) is 0 Å². The highest BCUT2D eigenvalue weighted by molar-refractivity contribution is 8.00. The molecule has 1 aromatic rings. The summed E-state index contributed by atoms with van der Waals surface area (Å²) in [4.78, 5) is 0. The third-order valence-electron chi connectivity index (χ3n) is 2.22. The second-order valence-corrected chi connectivity index (χ2v) is 5.31. The van der Waals surface area contributed by atoms with Crippen molar-refractivity contribution < 1.29 is 22.2 Å². The number of hydrogen-bond donors (Lipinski definition) is 0. The van der Waals surface area contributed by atoms with Crippen LogP contribution in [0.25, 0.3) is 0 Å². The lowest BCUT2D eigenvalue weighted by atomic mass is 10.1. The Hall–Kier alpha value is -0.420. The van der Waals surface area contributed by atoms with Crippen molar-refractivity contribution in [2.24, 2.45) is 0 Å². The molecule has 2 nitrogen and oxygen atoms in total. The molecule has 1 fully saturated rings. The Labute approximate surface area is 96.0 Å². The van der Waals surface area contributed by atoms with E-state index in [0.29, 0.717) is 19.1 Å². The van der Waals surface area contributed by atoms with Crippen LogP contribution >= 0.6 is 7.15 Å². The maximum Gasteiger partial charge on any atom is 0.176 e. The number of hydrogen-bond acceptors (Lipinski definition) is 3. The normalized spacial score (nSPS) is 25.7. The summed E-state index contributed by atoms with van der Waals surface area (Å²) in [5.74, 6) is -3.13. The first-order chi connectivity index (χ1) is 7.58. The standard InChI is InChI=1S/C9H8F3O2PS/c10-6-4-8(12)7(11)3-5(6)9-1-2-13-15(16)14-9/h3-4,9,15H,1-2H2. The molecule has 0 aliphatic carbocycles. The highest BCUT2D eigenvalue weighted by Gasteiger charge is 2.23. The first kappa shape index (κ1) is 12.0. The molecule has 7 heteroatoms. The molecule has 0 amide bonds. The van der Waals surface area contributed by atoms with Crippen LogP contribution < -0.4 is 0 Å². The van der Waals surface area contributed by atoms with Crippen LogP contribution in [0.4, 0.5) is 13.2 Å². The van der Waals surface area contributed by atoms with Crippen molar-refractivity contribution in [2.45, 2.75) is 12.5 Å².